The van der Waals surface area contributed by atoms with Gasteiger partial charge >= 0.3 is 0 Å². The van der Waals surface area contributed by atoms with Crippen LogP contribution in [0.25, 0.3) is 22.3 Å². The quantitative estimate of drug-likeness (QED) is 0.737. The second-order valence-corrected chi connectivity index (χ2v) is 4.66. The fraction of sp³-hybridized carbons (Fsp3) is 0.222. The standard InChI is InChI=1S/C14H10O.C4H11N/c1-2-6-11(7-3-1)14-10-12-8-4-5-9-13(12)15-14;1-2-3-4-5/h1-10H;2-5H2,1H3. The lowest BCUT2D eigenvalue weighted by Gasteiger charge is -1.93. The molecule has 20 heavy (non-hydrogen) atoms. The number of furan rings is 1. The molecule has 3 aromatic rings. The number of unbranched alkanes of at least 4 members (excludes halogenated alkanes) is 1. The van der Waals surface area contributed by atoms with Crippen molar-refractivity contribution in [3.05, 3.63) is 60.7 Å². The molecule has 2 heteroatoms. The van der Waals surface area contributed by atoms with Crippen LogP contribution in [-0.2, 0) is 0 Å². The van der Waals surface area contributed by atoms with Gasteiger partial charge in [-0.3, -0.25) is 0 Å². The second kappa shape index (κ2) is 7.51. The summed E-state index contributed by atoms with van der Waals surface area (Å²) in [6.45, 7) is 2.98. The van der Waals surface area contributed by atoms with Gasteiger partial charge in [-0.05, 0) is 25.1 Å². The summed E-state index contributed by atoms with van der Waals surface area (Å²) >= 11 is 0. The number of fused-ring (bicyclic) bond motifs is 1. The summed E-state index contributed by atoms with van der Waals surface area (Å²) in [5, 5.41) is 1.15. The van der Waals surface area contributed by atoms with Gasteiger partial charge in [0, 0.05) is 10.9 Å². The summed E-state index contributed by atoms with van der Waals surface area (Å²) in [6.07, 6.45) is 2.39. The van der Waals surface area contributed by atoms with Crippen LogP contribution < -0.4 is 5.73 Å². The number of nitrogens with two attached hydrogens (primary N) is 1. The molecule has 0 saturated carbocycles. The van der Waals surface area contributed by atoms with Gasteiger partial charge in [-0.1, -0.05) is 61.9 Å². The van der Waals surface area contributed by atoms with Gasteiger partial charge < -0.3 is 10.2 Å². The topological polar surface area (TPSA) is 39.2 Å². The van der Waals surface area contributed by atoms with Crippen LogP contribution in [0, 0.1) is 0 Å². The lowest BCUT2D eigenvalue weighted by Crippen LogP contribution is -1.95. The third kappa shape index (κ3) is 3.72. The molecule has 0 fully saturated rings. The first kappa shape index (κ1) is 14.4. The third-order valence-corrected chi connectivity index (χ3v) is 3.04. The molecule has 2 N–H and O–H groups in total. The largest absolute Gasteiger partial charge is 0.456 e. The zero-order valence-corrected chi connectivity index (χ0v) is 11.9. The van der Waals surface area contributed by atoms with Crippen LogP contribution in [0.4, 0.5) is 0 Å². The summed E-state index contributed by atoms with van der Waals surface area (Å²) in [6, 6.07) is 20.3. The molecular weight excluding hydrogens is 246 g/mol. The van der Waals surface area contributed by atoms with Crippen LogP contribution in [0.1, 0.15) is 19.8 Å². The van der Waals surface area contributed by atoms with Gasteiger partial charge in [-0.15, -0.1) is 0 Å². The first-order chi connectivity index (χ1) is 9.85. The van der Waals surface area contributed by atoms with Gasteiger partial charge in [0.15, 0.2) is 0 Å². The maximum absolute atomic E-state index is 5.75. The van der Waals surface area contributed by atoms with Crippen molar-refractivity contribution >= 4 is 11.0 Å². The summed E-state index contributed by atoms with van der Waals surface area (Å²) in [4.78, 5) is 0. The van der Waals surface area contributed by atoms with E-state index in [1.165, 1.54) is 12.8 Å². The Kier molecular flexibility index (Phi) is 5.39. The second-order valence-electron chi connectivity index (χ2n) is 4.66. The van der Waals surface area contributed by atoms with Gasteiger partial charge in [-0.25, -0.2) is 0 Å². The van der Waals surface area contributed by atoms with E-state index in [-0.39, 0.29) is 0 Å². The molecule has 3 rings (SSSR count). The highest BCUT2D eigenvalue weighted by atomic mass is 16.3. The molecule has 0 spiro atoms. The summed E-state index contributed by atoms with van der Waals surface area (Å²) in [5.74, 6) is 0.928. The highest BCUT2D eigenvalue weighted by Gasteiger charge is 2.03. The Morgan fingerprint density at radius 1 is 0.950 bits per heavy atom. The Labute approximate surface area is 120 Å². The zero-order valence-electron chi connectivity index (χ0n) is 11.9. The van der Waals surface area contributed by atoms with Crippen molar-refractivity contribution in [2.75, 3.05) is 6.54 Å². The average Bonchev–Trinajstić information content (AvgIpc) is 2.94. The van der Waals surface area contributed by atoms with Gasteiger partial charge in [0.25, 0.3) is 0 Å². The highest BCUT2D eigenvalue weighted by molar-refractivity contribution is 5.82. The Hall–Kier alpha value is -2.06. The predicted molar refractivity (Wildman–Crippen MR) is 85.6 cm³/mol. The smallest absolute Gasteiger partial charge is 0.135 e. The molecule has 0 bridgehead atoms. The lowest BCUT2D eigenvalue weighted by molar-refractivity contribution is 0.631. The van der Waals surface area contributed by atoms with Crippen LogP contribution in [0.15, 0.2) is 65.1 Å². The van der Waals surface area contributed by atoms with Crippen molar-refractivity contribution in [1.29, 1.82) is 0 Å². The fourth-order valence-corrected chi connectivity index (χ4v) is 1.93. The number of hydrogen-bond acceptors (Lipinski definition) is 2. The van der Waals surface area contributed by atoms with E-state index in [0.717, 1.165) is 28.8 Å². The monoisotopic (exact) mass is 267 g/mol. The first-order valence-corrected chi connectivity index (χ1v) is 7.09. The summed E-state index contributed by atoms with van der Waals surface area (Å²) in [7, 11) is 0. The SMILES string of the molecule is CCCCN.c1ccc(-c2cc3ccccc3o2)cc1. The minimum absolute atomic E-state index is 0.844. The molecule has 0 atom stereocenters. The number of benzene rings is 2. The molecule has 0 aliphatic heterocycles. The van der Waals surface area contributed by atoms with E-state index in [0.29, 0.717) is 0 Å². The van der Waals surface area contributed by atoms with Crippen molar-refractivity contribution in [3.63, 3.8) is 0 Å². The minimum Gasteiger partial charge on any atom is -0.456 e. The molecule has 0 radical (unpaired) electrons. The summed E-state index contributed by atoms with van der Waals surface area (Å²) < 4.78 is 5.75. The van der Waals surface area contributed by atoms with Crippen molar-refractivity contribution < 1.29 is 4.42 Å². The van der Waals surface area contributed by atoms with E-state index in [9.17, 15) is 0 Å². The molecule has 0 amide bonds. The molecule has 0 aliphatic carbocycles. The number of rotatable bonds is 3. The van der Waals surface area contributed by atoms with E-state index in [1.807, 2.05) is 36.4 Å². The van der Waals surface area contributed by atoms with Crippen molar-refractivity contribution in [2.24, 2.45) is 5.73 Å². The Morgan fingerprint density at radius 3 is 2.25 bits per heavy atom. The Morgan fingerprint density at radius 2 is 1.65 bits per heavy atom. The highest BCUT2D eigenvalue weighted by Crippen LogP contribution is 2.27. The predicted octanol–water partition coefficient (Wildman–Crippen LogP) is 4.85. The molecule has 2 aromatic carbocycles. The number of para-hydroxylation sites is 1. The number of hydrogen-bond donors (Lipinski definition) is 1. The third-order valence-electron chi connectivity index (χ3n) is 3.04. The normalized spacial score (nSPS) is 10.1. The molecule has 1 aromatic heterocycles. The molecule has 0 aliphatic rings. The molecular formula is C18H21NO. The van der Waals surface area contributed by atoms with Crippen LogP contribution >= 0.6 is 0 Å². The van der Waals surface area contributed by atoms with E-state index in [1.54, 1.807) is 0 Å². The van der Waals surface area contributed by atoms with Crippen LogP contribution in [0.2, 0.25) is 0 Å². The van der Waals surface area contributed by atoms with Gasteiger partial charge in [0.05, 0.1) is 0 Å². The lowest BCUT2D eigenvalue weighted by atomic mass is 10.1. The fourth-order valence-electron chi connectivity index (χ4n) is 1.93. The molecule has 0 unspecified atom stereocenters. The van der Waals surface area contributed by atoms with Crippen LogP contribution in [0.3, 0.4) is 0 Å². The van der Waals surface area contributed by atoms with E-state index < -0.39 is 0 Å². The maximum Gasteiger partial charge on any atom is 0.135 e. The molecule has 104 valence electrons. The molecule has 2 nitrogen and oxygen atoms in total. The molecule has 0 saturated heterocycles. The minimum atomic E-state index is 0.844. The van der Waals surface area contributed by atoms with Crippen molar-refractivity contribution in [3.8, 4) is 11.3 Å². The molecule has 1 heterocycles. The zero-order chi connectivity index (χ0) is 14.2. The van der Waals surface area contributed by atoms with Crippen molar-refractivity contribution in [1.82, 2.24) is 0 Å². The van der Waals surface area contributed by atoms with E-state index in [2.05, 4.69) is 31.2 Å². The van der Waals surface area contributed by atoms with E-state index in [4.69, 9.17) is 10.2 Å². The van der Waals surface area contributed by atoms with E-state index >= 15 is 0 Å². The Bertz CT molecular complexity index is 593. The van der Waals surface area contributed by atoms with Gasteiger partial charge in [0.1, 0.15) is 11.3 Å². The van der Waals surface area contributed by atoms with Crippen molar-refractivity contribution in [2.45, 2.75) is 19.8 Å². The first-order valence-electron chi connectivity index (χ1n) is 7.09. The summed E-state index contributed by atoms with van der Waals surface area (Å²) in [5.41, 5.74) is 7.20. The van der Waals surface area contributed by atoms with Gasteiger partial charge in [0.2, 0.25) is 0 Å². The maximum atomic E-state index is 5.75. The average molecular weight is 267 g/mol. The van der Waals surface area contributed by atoms with Crippen LogP contribution in [0.5, 0.6) is 0 Å². The van der Waals surface area contributed by atoms with Gasteiger partial charge in [-0.2, -0.15) is 0 Å². The van der Waals surface area contributed by atoms with Crippen LogP contribution in [-0.4, -0.2) is 6.54 Å². The Balaban J connectivity index is 0.000000257.